The molecule has 0 amide bonds. The lowest BCUT2D eigenvalue weighted by Gasteiger charge is -2.24. The van der Waals surface area contributed by atoms with E-state index >= 15 is 0 Å². The van der Waals surface area contributed by atoms with Crippen molar-refractivity contribution in [2.75, 3.05) is 6.61 Å². The van der Waals surface area contributed by atoms with Crippen molar-refractivity contribution in [3.63, 3.8) is 0 Å². The number of aliphatic hydroxyl groups is 1. The van der Waals surface area contributed by atoms with Crippen LogP contribution in [0, 0.1) is 5.92 Å². The van der Waals surface area contributed by atoms with Crippen molar-refractivity contribution in [1.29, 1.82) is 0 Å². The zero-order valence-electron chi connectivity index (χ0n) is 11.0. The number of Topliss-reactive ketones (excluding diaryl/α,β-unsaturated/α-hetero) is 1. The van der Waals surface area contributed by atoms with Gasteiger partial charge in [-0.25, -0.2) is 0 Å². The molecule has 1 N–H and O–H groups in total. The lowest BCUT2D eigenvalue weighted by atomic mass is 9.81. The predicted octanol–water partition coefficient (Wildman–Crippen LogP) is 3.41. The largest absolute Gasteiger partial charge is 0.392 e. The molecule has 2 heteroatoms. The quantitative estimate of drug-likeness (QED) is 0.794. The van der Waals surface area contributed by atoms with Crippen molar-refractivity contribution in [3.8, 4) is 0 Å². The Labute approximate surface area is 104 Å². The first kappa shape index (κ1) is 14.2. The van der Waals surface area contributed by atoms with Gasteiger partial charge in [0.05, 0.1) is 6.61 Å². The average Bonchev–Trinajstić information content (AvgIpc) is 2.30. The van der Waals surface area contributed by atoms with Gasteiger partial charge in [0.1, 0.15) is 5.78 Å². The Balaban J connectivity index is 2.81. The molecule has 0 aromatic rings. The highest BCUT2D eigenvalue weighted by Crippen LogP contribution is 2.33. The van der Waals surface area contributed by atoms with Crippen LogP contribution in [0.5, 0.6) is 0 Å². The van der Waals surface area contributed by atoms with E-state index in [9.17, 15) is 4.79 Å². The van der Waals surface area contributed by atoms with E-state index in [0.29, 0.717) is 12.3 Å². The third-order valence-corrected chi connectivity index (χ3v) is 3.51. The summed E-state index contributed by atoms with van der Waals surface area (Å²) in [4.78, 5) is 11.1. The lowest BCUT2D eigenvalue weighted by Crippen LogP contribution is -2.09. The number of rotatable bonds is 5. The highest BCUT2D eigenvalue weighted by atomic mass is 16.2. The molecule has 1 rings (SSSR count). The fourth-order valence-electron chi connectivity index (χ4n) is 2.52. The smallest absolute Gasteiger partial charge is 0.130 e. The number of carbonyl (C=O) groups excluding carboxylic acids is 1. The van der Waals surface area contributed by atoms with Gasteiger partial charge in [-0.15, -0.1) is 0 Å². The van der Waals surface area contributed by atoms with Gasteiger partial charge in [0.15, 0.2) is 0 Å². The van der Waals surface area contributed by atoms with Gasteiger partial charge in [-0.2, -0.15) is 0 Å². The van der Waals surface area contributed by atoms with Crippen LogP contribution in [0.4, 0.5) is 0 Å². The van der Waals surface area contributed by atoms with E-state index in [1.807, 2.05) is 6.08 Å². The van der Waals surface area contributed by atoms with Crippen LogP contribution in [0.2, 0.25) is 0 Å². The normalized spacial score (nSPS) is 24.1. The van der Waals surface area contributed by atoms with Crippen LogP contribution in [0.25, 0.3) is 0 Å². The van der Waals surface area contributed by atoms with Crippen LogP contribution in [0.1, 0.15) is 52.4 Å². The molecule has 0 bridgehead atoms. The summed E-state index contributed by atoms with van der Waals surface area (Å²) in [5.74, 6) is 0.873. The number of allylic oxidation sites excluding steroid dienone is 3. The Morgan fingerprint density at radius 2 is 2.18 bits per heavy atom. The van der Waals surface area contributed by atoms with Crippen LogP contribution in [0.15, 0.2) is 23.3 Å². The molecule has 17 heavy (non-hydrogen) atoms. The first-order chi connectivity index (χ1) is 8.15. The molecular weight excluding hydrogens is 212 g/mol. The topological polar surface area (TPSA) is 37.3 Å². The summed E-state index contributed by atoms with van der Waals surface area (Å²) < 4.78 is 0. The minimum Gasteiger partial charge on any atom is -0.392 e. The first-order valence-electron chi connectivity index (χ1n) is 6.64. The molecule has 0 saturated heterocycles. The van der Waals surface area contributed by atoms with Crippen LogP contribution in [-0.2, 0) is 4.79 Å². The Morgan fingerprint density at radius 1 is 1.41 bits per heavy atom. The Bertz CT molecular complexity index is 313. The maximum atomic E-state index is 11.1. The molecule has 0 aromatic carbocycles. The summed E-state index contributed by atoms with van der Waals surface area (Å²) in [6, 6.07) is 0. The van der Waals surface area contributed by atoms with E-state index in [2.05, 4.69) is 6.92 Å². The monoisotopic (exact) mass is 236 g/mol. The van der Waals surface area contributed by atoms with E-state index in [4.69, 9.17) is 5.11 Å². The van der Waals surface area contributed by atoms with E-state index in [1.165, 1.54) is 30.4 Å². The first-order valence-corrected chi connectivity index (χ1v) is 6.64. The molecule has 0 spiro atoms. The summed E-state index contributed by atoms with van der Waals surface area (Å²) in [5, 5.41) is 8.88. The number of hydrogen-bond acceptors (Lipinski definition) is 2. The minimum absolute atomic E-state index is 0.0746. The van der Waals surface area contributed by atoms with Crippen molar-refractivity contribution >= 4 is 5.78 Å². The highest BCUT2D eigenvalue weighted by Gasteiger charge is 2.17. The Hall–Kier alpha value is -0.890. The lowest BCUT2D eigenvalue weighted by molar-refractivity contribution is -0.116. The second-order valence-electron chi connectivity index (χ2n) is 4.98. The maximum Gasteiger partial charge on any atom is 0.130 e. The van der Waals surface area contributed by atoms with E-state index < -0.39 is 0 Å². The van der Waals surface area contributed by atoms with Gasteiger partial charge in [0.2, 0.25) is 0 Å². The number of carbonyl (C=O) groups is 1. The third-order valence-electron chi connectivity index (χ3n) is 3.51. The molecule has 1 fully saturated rings. The van der Waals surface area contributed by atoms with Crippen molar-refractivity contribution in [3.05, 3.63) is 23.3 Å². The van der Waals surface area contributed by atoms with Crippen molar-refractivity contribution in [2.24, 2.45) is 5.92 Å². The van der Waals surface area contributed by atoms with Gasteiger partial charge in [0.25, 0.3) is 0 Å². The van der Waals surface area contributed by atoms with Crippen LogP contribution >= 0.6 is 0 Å². The molecule has 1 aliphatic rings. The molecule has 1 aliphatic carbocycles. The molecule has 96 valence electrons. The zero-order valence-corrected chi connectivity index (χ0v) is 11.0. The summed E-state index contributed by atoms with van der Waals surface area (Å²) in [7, 11) is 0. The van der Waals surface area contributed by atoms with Crippen molar-refractivity contribution < 1.29 is 9.90 Å². The average molecular weight is 236 g/mol. The van der Waals surface area contributed by atoms with Crippen molar-refractivity contribution in [1.82, 2.24) is 0 Å². The standard InChI is InChI=1S/C15H24O2/c1-12-6-3-4-8-15(12)14(7-5-11-16)10-9-13(2)17/h5,7,12,16H,3-4,6,8-11H2,1-2H3/b7-5+,15-14+. The number of ketones is 1. The summed E-state index contributed by atoms with van der Waals surface area (Å²) in [6.07, 6.45) is 10.2. The minimum atomic E-state index is 0.0746. The maximum absolute atomic E-state index is 11.1. The molecule has 1 saturated carbocycles. The SMILES string of the molecule is CC(=O)CCC(/C=C/CO)=C1\CCCCC1C. The summed E-state index contributed by atoms with van der Waals surface area (Å²) in [5.41, 5.74) is 2.78. The molecule has 0 aliphatic heterocycles. The Morgan fingerprint density at radius 3 is 2.76 bits per heavy atom. The molecule has 0 heterocycles. The number of hydrogen-bond donors (Lipinski definition) is 1. The number of aliphatic hydroxyl groups excluding tert-OH is 1. The van der Waals surface area contributed by atoms with Crippen LogP contribution in [-0.4, -0.2) is 17.5 Å². The summed E-state index contributed by atoms with van der Waals surface area (Å²) in [6.45, 7) is 3.99. The Kier molecular flexibility index (Phi) is 6.20. The van der Waals surface area contributed by atoms with E-state index in [1.54, 1.807) is 13.0 Å². The molecule has 0 aromatic heterocycles. The molecule has 0 radical (unpaired) electrons. The molecular formula is C15H24O2. The van der Waals surface area contributed by atoms with Gasteiger partial charge >= 0.3 is 0 Å². The second-order valence-corrected chi connectivity index (χ2v) is 4.98. The summed E-state index contributed by atoms with van der Waals surface area (Å²) >= 11 is 0. The van der Waals surface area contributed by atoms with Gasteiger partial charge in [-0.1, -0.05) is 31.1 Å². The van der Waals surface area contributed by atoms with Gasteiger partial charge in [0, 0.05) is 6.42 Å². The van der Waals surface area contributed by atoms with Crippen LogP contribution in [0.3, 0.4) is 0 Å². The van der Waals surface area contributed by atoms with E-state index in [0.717, 1.165) is 12.8 Å². The highest BCUT2D eigenvalue weighted by molar-refractivity contribution is 5.75. The van der Waals surface area contributed by atoms with E-state index in [-0.39, 0.29) is 12.4 Å². The molecule has 2 nitrogen and oxygen atoms in total. The molecule has 1 unspecified atom stereocenters. The van der Waals surface area contributed by atoms with Crippen LogP contribution < -0.4 is 0 Å². The molecule has 1 atom stereocenters. The zero-order chi connectivity index (χ0) is 12.7. The fourth-order valence-corrected chi connectivity index (χ4v) is 2.52. The second kappa shape index (κ2) is 7.44. The fraction of sp³-hybridized carbons (Fsp3) is 0.667. The predicted molar refractivity (Wildman–Crippen MR) is 70.8 cm³/mol. The van der Waals surface area contributed by atoms with Gasteiger partial charge in [-0.05, 0) is 44.1 Å². The van der Waals surface area contributed by atoms with Crippen molar-refractivity contribution in [2.45, 2.75) is 52.4 Å². The third kappa shape index (κ3) is 4.86. The van der Waals surface area contributed by atoms with Gasteiger partial charge < -0.3 is 9.90 Å². The van der Waals surface area contributed by atoms with Gasteiger partial charge in [-0.3, -0.25) is 0 Å².